The number of hydrogen-bond acceptors (Lipinski definition) is 3. The average molecular weight is 225 g/mol. The largest absolute Gasteiger partial charge is 0.480 e. The highest BCUT2D eigenvalue weighted by molar-refractivity contribution is 7.99. The molecule has 3 nitrogen and oxygen atoms in total. The van der Waals surface area contributed by atoms with Gasteiger partial charge in [-0.15, -0.1) is 11.8 Å². The Bertz CT molecular complexity index is 341. The molecule has 1 rings (SSSR count). The Morgan fingerprint density at radius 1 is 1.53 bits per heavy atom. The fourth-order valence-corrected chi connectivity index (χ4v) is 2.19. The van der Waals surface area contributed by atoms with Crippen molar-refractivity contribution in [3.05, 3.63) is 35.4 Å². The van der Waals surface area contributed by atoms with E-state index in [9.17, 15) is 4.79 Å². The summed E-state index contributed by atoms with van der Waals surface area (Å²) in [7, 11) is 0. The van der Waals surface area contributed by atoms with Crippen LogP contribution >= 0.6 is 11.8 Å². The zero-order valence-electron chi connectivity index (χ0n) is 8.64. The van der Waals surface area contributed by atoms with Crippen molar-refractivity contribution in [1.82, 2.24) is 0 Å². The first kappa shape index (κ1) is 12.1. The monoisotopic (exact) mass is 225 g/mol. The van der Waals surface area contributed by atoms with Crippen LogP contribution in [-0.4, -0.2) is 22.9 Å². The lowest BCUT2D eigenvalue weighted by atomic mass is 10.1. The molecule has 0 bridgehead atoms. The van der Waals surface area contributed by atoms with Crippen molar-refractivity contribution >= 4 is 17.7 Å². The number of nitrogens with two attached hydrogens (primary N) is 1. The van der Waals surface area contributed by atoms with Crippen molar-refractivity contribution in [3.8, 4) is 0 Å². The fourth-order valence-electron chi connectivity index (χ4n) is 1.20. The van der Waals surface area contributed by atoms with Gasteiger partial charge < -0.3 is 10.8 Å². The van der Waals surface area contributed by atoms with Crippen LogP contribution in [0.3, 0.4) is 0 Å². The van der Waals surface area contributed by atoms with Gasteiger partial charge in [0.25, 0.3) is 0 Å². The van der Waals surface area contributed by atoms with Gasteiger partial charge in [-0.1, -0.05) is 24.3 Å². The van der Waals surface area contributed by atoms with Crippen LogP contribution in [0.2, 0.25) is 0 Å². The molecule has 82 valence electrons. The lowest BCUT2D eigenvalue weighted by Crippen LogP contribution is -2.26. The fraction of sp³-hybridized carbons (Fsp3) is 0.364. The van der Waals surface area contributed by atoms with Crippen LogP contribution in [0, 0.1) is 6.92 Å². The predicted molar refractivity (Wildman–Crippen MR) is 63.0 cm³/mol. The Hall–Kier alpha value is -1.00. The van der Waals surface area contributed by atoms with E-state index < -0.39 is 11.2 Å². The summed E-state index contributed by atoms with van der Waals surface area (Å²) in [6.45, 7) is 2.19. The number of rotatable bonds is 5. The number of carboxylic acids is 1. The number of aryl methyl sites for hydroxylation is 1. The minimum absolute atomic E-state index is 0.173. The standard InChI is InChI=1S/C11H15NO2S/c1-8-4-2-3-5-9(8)7-15-10(6-12)11(13)14/h2-5,10H,6-7,12H2,1H3,(H,13,14). The molecule has 3 N–H and O–H groups in total. The molecule has 1 unspecified atom stereocenters. The summed E-state index contributed by atoms with van der Waals surface area (Å²) >= 11 is 1.37. The van der Waals surface area contributed by atoms with Crippen LogP contribution in [0.25, 0.3) is 0 Å². The van der Waals surface area contributed by atoms with Gasteiger partial charge in [-0.05, 0) is 18.1 Å². The number of hydrogen-bond donors (Lipinski definition) is 2. The van der Waals surface area contributed by atoms with Crippen LogP contribution in [-0.2, 0) is 10.5 Å². The molecule has 0 aliphatic rings. The molecule has 0 radical (unpaired) electrons. The minimum atomic E-state index is -0.837. The minimum Gasteiger partial charge on any atom is -0.480 e. The third kappa shape index (κ3) is 3.57. The summed E-state index contributed by atoms with van der Waals surface area (Å²) in [6.07, 6.45) is 0. The second kappa shape index (κ2) is 5.78. The summed E-state index contributed by atoms with van der Waals surface area (Å²) in [4.78, 5) is 10.7. The zero-order chi connectivity index (χ0) is 11.3. The lowest BCUT2D eigenvalue weighted by Gasteiger charge is -2.10. The topological polar surface area (TPSA) is 63.3 Å². The van der Waals surface area contributed by atoms with Crippen molar-refractivity contribution in [3.63, 3.8) is 0 Å². The van der Waals surface area contributed by atoms with Crippen molar-refractivity contribution < 1.29 is 9.90 Å². The summed E-state index contributed by atoms with van der Waals surface area (Å²) in [5.41, 5.74) is 7.73. The molecular formula is C11H15NO2S. The van der Waals surface area contributed by atoms with Gasteiger partial charge in [0, 0.05) is 12.3 Å². The summed E-state index contributed by atoms with van der Waals surface area (Å²) in [6, 6.07) is 7.97. The van der Waals surface area contributed by atoms with E-state index in [1.54, 1.807) is 0 Å². The van der Waals surface area contributed by atoms with Gasteiger partial charge in [0.05, 0.1) is 0 Å². The molecule has 0 aliphatic carbocycles. The molecule has 0 fully saturated rings. The van der Waals surface area contributed by atoms with Gasteiger partial charge in [0.1, 0.15) is 5.25 Å². The smallest absolute Gasteiger partial charge is 0.317 e. The molecule has 0 aromatic heterocycles. The molecule has 4 heteroatoms. The first-order valence-electron chi connectivity index (χ1n) is 4.74. The van der Waals surface area contributed by atoms with Crippen LogP contribution in [0.1, 0.15) is 11.1 Å². The Morgan fingerprint density at radius 2 is 2.20 bits per heavy atom. The maximum absolute atomic E-state index is 10.7. The van der Waals surface area contributed by atoms with Gasteiger partial charge >= 0.3 is 5.97 Å². The van der Waals surface area contributed by atoms with Crippen LogP contribution in [0.5, 0.6) is 0 Å². The predicted octanol–water partition coefficient (Wildman–Crippen LogP) is 1.64. The highest BCUT2D eigenvalue weighted by atomic mass is 32.2. The normalized spacial score (nSPS) is 12.4. The van der Waals surface area contributed by atoms with Crippen LogP contribution < -0.4 is 5.73 Å². The summed E-state index contributed by atoms with van der Waals surface area (Å²) in [5, 5.41) is 8.31. The molecule has 0 heterocycles. The molecular weight excluding hydrogens is 210 g/mol. The van der Waals surface area contributed by atoms with E-state index >= 15 is 0 Å². The first-order chi connectivity index (χ1) is 7.15. The average Bonchev–Trinajstić information content (AvgIpc) is 2.21. The molecule has 0 spiro atoms. The zero-order valence-corrected chi connectivity index (χ0v) is 9.46. The highest BCUT2D eigenvalue weighted by Crippen LogP contribution is 2.19. The Labute approximate surface area is 93.7 Å². The van der Waals surface area contributed by atoms with E-state index in [1.165, 1.54) is 22.9 Å². The van der Waals surface area contributed by atoms with Gasteiger partial charge in [0.2, 0.25) is 0 Å². The van der Waals surface area contributed by atoms with Gasteiger partial charge in [-0.2, -0.15) is 0 Å². The van der Waals surface area contributed by atoms with E-state index in [2.05, 4.69) is 0 Å². The van der Waals surface area contributed by atoms with Gasteiger partial charge in [-0.3, -0.25) is 4.79 Å². The molecule has 0 aliphatic heterocycles. The van der Waals surface area contributed by atoms with Gasteiger partial charge in [0.15, 0.2) is 0 Å². The van der Waals surface area contributed by atoms with Crippen molar-refractivity contribution in [1.29, 1.82) is 0 Å². The van der Waals surface area contributed by atoms with Crippen molar-refractivity contribution in [2.75, 3.05) is 6.54 Å². The number of aliphatic carboxylic acids is 1. The molecule has 0 saturated heterocycles. The third-order valence-electron chi connectivity index (χ3n) is 2.19. The summed E-state index contributed by atoms with van der Waals surface area (Å²) in [5.74, 6) is -0.142. The maximum Gasteiger partial charge on any atom is 0.317 e. The van der Waals surface area contributed by atoms with Gasteiger partial charge in [-0.25, -0.2) is 0 Å². The van der Waals surface area contributed by atoms with Crippen molar-refractivity contribution in [2.45, 2.75) is 17.9 Å². The molecule has 1 aromatic carbocycles. The quantitative estimate of drug-likeness (QED) is 0.799. The van der Waals surface area contributed by atoms with Crippen molar-refractivity contribution in [2.24, 2.45) is 5.73 Å². The molecule has 1 aromatic rings. The Morgan fingerprint density at radius 3 is 2.73 bits per heavy atom. The number of carboxylic acid groups (broad SMARTS) is 1. The molecule has 0 amide bonds. The Balaban J connectivity index is 2.56. The van der Waals surface area contributed by atoms with E-state index in [1.807, 2.05) is 31.2 Å². The van der Waals surface area contributed by atoms with E-state index in [0.717, 1.165) is 0 Å². The van der Waals surface area contributed by atoms with E-state index in [0.29, 0.717) is 5.75 Å². The molecule has 0 saturated carbocycles. The number of carbonyl (C=O) groups is 1. The van der Waals surface area contributed by atoms with Crippen LogP contribution in [0.4, 0.5) is 0 Å². The first-order valence-corrected chi connectivity index (χ1v) is 5.79. The van der Waals surface area contributed by atoms with E-state index in [-0.39, 0.29) is 6.54 Å². The molecule has 1 atom stereocenters. The van der Waals surface area contributed by atoms with E-state index in [4.69, 9.17) is 10.8 Å². The number of benzene rings is 1. The third-order valence-corrected chi connectivity index (χ3v) is 3.46. The lowest BCUT2D eigenvalue weighted by molar-refractivity contribution is -0.136. The second-order valence-corrected chi connectivity index (χ2v) is 4.49. The summed E-state index contributed by atoms with van der Waals surface area (Å²) < 4.78 is 0. The second-order valence-electron chi connectivity index (χ2n) is 3.30. The SMILES string of the molecule is Cc1ccccc1CSC(CN)C(=O)O. The van der Waals surface area contributed by atoms with Crippen LogP contribution in [0.15, 0.2) is 24.3 Å². The highest BCUT2D eigenvalue weighted by Gasteiger charge is 2.15. The maximum atomic E-state index is 10.7. The number of thioether (sulfide) groups is 1. The Kier molecular flexibility index (Phi) is 4.65. The molecule has 15 heavy (non-hydrogen) atoms.